The fraction of sp³-hybridized carbons (Fsp3) is 0.533. The molecule has 5 heteroatoms. The second kappa shape index (κ2) is 5.79. The first-order valence-corrected chi connectivity index (χ1v) is 6.96. The molecular weight excluding hydrogens is 259 g/mol. The third kappa shape index (κ3) is 2.77. The van der Waals surface area contributed by atoms with Crippen LogP contribution in [-0.2, 0) is 4.79 Å². The number of anilines is 1. The van der Waals surface area contributed by atoms with Gasteiger partial charge in [-0.05, 0) is 38.8 Å². The van der Waals surface area contributed by atoms with Gasteiger partial charge in [0.25, 0.3) is 0 Å². The lowest BCUT2D eigenvalue weighted by atomic mass is 9.84. The lowest BCUT2D eigenvalue weighted by molar-refractivity contribution is -0.125. The Balaban J connectivity index is 2.10. The van der Waals surface area contributed by atoms with Crippen molar-refractivity contribution in [2.75, 3.05) is 11.9 Å². The van der Waals surface area contributed by atoms with Crippen molar-refractivity contribution in [3.8, 4) is 5.75 Å². The minimum absolute atomic E-state index is 0.143. The SMILES string of the molecule is CCOc1ccc(NC(=O)C2(C)CCCC2N)cc1F. The van der Waals surface area contributed by atoms with Gasteiger partial charge in [-0.3, -0.25) is 4.79 Å². The van der Waals surface area contributed by atoms with Crippen LogP contribution in [0.2, 0.25) is 0 Å². The van der Waals surface area contributed by atoms with Gasteiger partial charge in [0, 0.05) is 17.8 Å². The van der Waals surface area contributed by atoms with Crippen LogP contribution < -0.4 is 15.8 Å². The van der Waals surface area contributed by atoms with E-state index in [-0.39, 0.29) is 17.7 Å². The standard InChI is InChI=1S/C15H21FN2O2/c1-3-20-12-7-6-10(9-11(12)16)18-14(19)15(2)8-4-5-13(15)17/h6-7,9,13H,3-5,8,17H2,1-2H3,(H,18,19). The largest absolute Gasteiger partial charge is 0.491 e. The number of halogens is 1. The summed E-state index contributed by atoms with van der Waals surface area (Å²) >= 11 is 0. The van der Waals surface area contributed by atoms with Crippen molar-refractivity contribution in [1.82, 2.24) is 0 Å². The highest BCUT2D eigenvalue weighted by Crippen LogP contribution is 2.37. The van der Waals surface area contributed by atoms with E-state index in [1.807, 2.05) is 6.92 Å². The number of nitrogens with one attached hydrogen (secondary N) is 1. The van der Waals surface area contributed by atoms with Crippen LogP contribution in [0.25, 0.3) is 0 Å². The van der Waals surface area contributed by atoms with Crippen molar-refractivity contribution in [1.29, 1.82) is 0 Å². The lowest BCUT2D eigenvalue weighted by Gasteiger charge is -2.27. The van der Waals surface area contributed by atoms with E-state index in [9.17, 15) is 9.18 Å². The zero-order valence-corrected chi connectivity index (χ0v) is 11.9. The van der Waals surface area contributed by atoms with Crippen LogP contribution in [0.3, 0.4) is 0 Å². The Morgan fingerprint density at radius 3 is 2.90 bits per heavy atom. The van der Waals surface area contributed by atoms with Crippen molar-refractivity contribution in [2.24, 2.45) is 11.1 Å². The van der Waals surface area contributed by atoms with Crippen molar-refractivity contribution in [2.45, 2.75) is 39.2 Å². The second-order valence-corrected chi connectivity index (χ2v) is 5.45. The van der Waals surface area contributed by atoms with Crippen molar-refractivity contribution in [3.05, 3.63) is 24.0 Å². The average Bonchev–Trinajstić information content (AvgIpc) is 2.74. The van der Waals surface area contributed by atoms with Gasteiger partial charge in [-0.15, -0.1) is 0 Å². The van der Waals surface area contributed by atoms with Crippen LogP contribution in [0.15, 0.2) is 18.2 Å². The molecule has 0 aliphatic heterocycles. The number of carbonyl (C=O) groups is 1. The first-order chi connectivity index (χ1) is 9.47. The van der Waals surface area contributed by atoms with E-state index in [1.165, 1.54) is 12.1 Å². The monoisotopic (exact) mass is 280 g/mol. The number of hydrogen-bond acceptors (Lipinski definition) is 3. The zero-order chi connectivity index (χ0) is 14.8. The highest BCUT2D eigenvalue weighted by atomic mass is 19.1. The number of nitrogens with two attached hydrogens (primary N) is 1. The summed E-state index contributed by atoms with van der Waals surface area (Å²) in [5.74, 6) is -0.439. The molecule has 2 atom stereocenters. The molecule has 2 rings (SSSR count). The molecule has 1 saturated carbocycles. The molecule has 1 amide bonds. The van der Waals surface area contributed by atoms with Gasteiger partial charge in [0.05, 0.1) is 12.0 Å². The summed E-state index contributed by atoms with van der Waals surface area (Å²) in [6.45, 7) is 4.05. The van der Waals surface area contributed by atoms with Crippen molar-refractivity contribution in [3.63, 3.8) is 0 Å². The lowest BCUT2D eigenvalue weighted by Crippen LogP contribution is -2.44. The molecule has 0 bridgehead atoms. The number of ether oxygens (including phenoxy) is 1. The highest BCUT2D eigenvalue weighted by Gasteiger charge is 2.42. The predicted octanol–water partition coefficient (Wildman–Crippen LogP) is 2.68. The van der Waals surface area contributed by atoms with E-state index in [2.05, 4.69) is 5.32 Å². The van der Waals surface area contributed by atoms with Crippen LogP contribution in [0.1, 0.15) is 33.1 Å². The molecule has 1 aliphatic rings. The number of carbonyl (C=O) groups excluding carboxylic acids is 1. The number of benzene rings is 1. The first-order valence-electron chi connectivity index (χ1n) is 6.96. The molecule has 0 saturated heterocycles. The third-order valence-electron chi connectivity index (χ3n) is 4.04. The molecule has 0 heterocycles. The summed E-state index contributed by atoms with van der Waals surface area (Å²) in [7, 11) is 0. The van der Waals surface area contributed by atoms with E-state index < -0.39 is 11.2 Å². The minimum atomic E-state index is -0.574. The summed E-state index contributed by atoms with van der Waals surface area (Å²) < 4.78 is 18.9. The summed E-state index contributed by atoms with van der Waals surface area (Å²) in [6, 6.07) is 4.28. The zero-order valence-electron chi connectivity index (χ0n) is 11.9. The summed E-state index contributed by atoms with van der Waals surface area (Å²) in [5, 5.41) is 2.75. The molecule has 1 fully saturated rings. The summed E-state index contributed by atoms with van der Waals surface area (Å²) in [6.07, 6.45) is 2.56. The predicted molar refractivity (Wildman–Crippen MR) is 76.1 cm³/mol. The third-order valence-corrected chi connectivity index (χ3v) is 4.04. The first kappa shape index (κ1) is 14.8. The normalized spacial score (nSPS) is 25.5. The van der Waals surface area contributed by atoms with E-state index in [4.69, 9.17) is 10.5 Å². The number of amides is 1. The van der Waals surface area contributed by atoms with Crippen LogP contribution in [0, 0.1) is 11.2 Å². The molecule has 1 aromatic carbocycles. The Morgan fingerprint density at radius 2 is 2.35 bits per heavy atom. The molecule has 110 valence electrons. The van der Waals surface area contributed by atoms with E-state index in [0.717, 1.165) is 19.3 Å². The molecule has 1 aliphatic carbocycles. The van der Waals surface area contributed by atoms with Gasteiger partial charge in [-0.1, -0.05) is 6.42 Å². The highest BCUT2D eigenvalue weighted by molar-refractivity contribution is 5.95. The molecule has 0 aromatic heterocycles. The Morgan fingerprint density at radius 1 is 1.60 bits per heavy atom. The molecule has 3 N–H and O–H groups in total. The Kier molecular flexibility index (Phi) is 4.28. The van der Waals surface area contributed by atoms with Gasteiger partial charge < -0.3 is 15.8 Å². The maximum atomic E-state index is 13.7. The van der Waals surface area contributed by atoms with Gasteiger partial charge in [-0.2, -0.15) is 0 Å². The van der Waals surface area contributed by atoms with Crippen LogP contribution in [-0.4, -0.2) is 18.6 Å². The fourth-order valence-electron chi connectivity index (χ4n) is 2.60. The van der Waals surface area contributed by atoms with E-state index in [0.29, 0.717) is 12.3 Å². The Hall–Kier alpha value is -1.62. The molecular formula is C15H21FN2O2. The number of hydrogen-bond donors (Lipinski definition) is 2. The maximum Gasteiger partial charge on any atom is 0.231 e. The quantitative estimate of drug-likeness (QED) is 0.891. The van der Waals surface area contributed by atoms with Gasteiger partial charge >= 0.3 is 0 Å². The minimum Gasteiger partial charge on any atom is -0.491 e. The van der Waals surface area contributed by atoms with E-state index in [1.54, 1.807) is 13.0 Å². The van der Waals surface area contributed by atoms with Crippen LogP contribution >= 0.6 is 0 Å². The van der Waals surface area contributed by atoms with Crippen LogP contribution in [0.5, 0.6) is 5.75 Å². The Labute approximate surface area is 118 Å². The van der Waals surface area contributed by atoms with E-state index >= 15 is 0 Å². The Bertz CT molecular complexity index is 507. The summed E-state index contributed by atoms with van der Waals surface area (Å²) in [5.41, 5.74) is 5.86. The van der Waals surface area contributed by atoms with Crippen LogP contribution in [0.4, 0.5) is 10.1 Å². The molecule has 2 unspecified atom stereocenters. The van der Waals surface area contributed by atoms with Gasteiger partial charge in [0.2, 0.25) is 5.91 Å². The maximum absolute atomic E-state index is 13.7. The fourth-order valence-corrected chi connectivity index (χ4v) is 2.60. The topological polar surface area (TPSA) is 64.3 Å². The van der Waals surface area contributed by atoms with Crippen molar-refractivity contribution >= 4 is 11.6 Å². The smallest absolute Gasteiger partial charge is 0.231 e. The van der Waals surface area contributed by atoms with Gasteiger partial charge in [0.1, 0.15) is 0 Å². The van der Waals surface area contributed by atoms with Gasteiger partial charge in [-0.25, -0.2) is 4.39 Å². The van der Waals surface area contributed by atoms with Gasteiger partial charge in [0.15, 0.2) is 11.6 Å². The molecule has 20 heavy (non-hydrogen) atoms. The van der Waals surface area contributed by atoms with Crippen molar-refractivity contribution < 1.29 is 13.9 Å². The summed E-state index contributed by atoms with van der Waals surface area (Å²) in [4.78, 5) is 12.3. The number of rotatable bonds is 4. The average molecular weight is 280 g/mol. The molecule has 0 spiro atoms. The molecule has 4 nitrogen and oxygen atoms in total. The molecule has 1 aromatic rings. The molecule has 0 radical (unpaired) electrons. The second-order valence-electron chi connectivity index (χ2n) is 5.45.